The molecule has 3 rings (SSSR count). The number of alkyl carbamates (subject to hydrolysis) is 1. The second-order valence-electron chi connectivity index (χ2n) is 12.4. The molecule has 0 aliphatic carbocycles. The van der Waals surface area contributed by atoms with Crippen LogP contribution in [0.15, 0.2) is 30.3 Å². The first-order valence-electron chi connectivity index (χ1n) is 15.9. The Morgan fingerprint density at radius 1 is 0.913 bits per heavy atom. The molecule has 2 aliphatic heterocycles. The lowest BCUT2D eigenvalue weighted by molar-refractivity contribution is -0.141. The molecule has 0 radical (unpaired) electrons. The summed E-state index contributed by atoms with van der Waals surface area (Å²) in [6.07, 6.45) is -0.174. The topological polar surface area (TPSA) is 184 Å². The molecule has 5 amide bonds. The third kappa shape index (κ3) is 12.0. The highest BCUT2D eigenvalue weighted by atomic mass is 16.5. The maximum atomic E-state index is 13.7. The standard InChI is InChI=1S/C32H48N6O8/c1-20(2)16-25(29(41)35-24(17-23-10-11-33-28(23)40)27(39)31(43)34-21(3)4)36-30(42)26(18-38-12-14-45-15-13-38)37-32(44)46-19-22-8-6-5-7-9-22/h5-9,20-21,23-26H,10-19H2,1-4H3,(H,33,40)(H,34,43)(H,35,41)(H,36,42)(H,37,44)/t23-,24-,25-,26-/m0/s1. The zero-order valence-corrected chi connectivity index (χ0v) is 27.1. The van der Waals surface area contributed by atoms with E-state index in [-0.39, 0.29) is 43.9 Å². The van der Waals surface area contributed by atoms with E-state index in [0.717, 1.165) is 5.56 Å². The van der Waals surface area contributed by atoms with Gasteiger partial charge in [-0.25, -0.2) is 4.79 Å². The number of nitrogens with zero attached hydrogens (tertiary/aromatic N) is 1. The monoisotopic (exact) mass is 644 g/mol. The van der Waals surface area contributed by atoms with E-state index in [9.17, 15) is 28.8 Å². The van der Waals surface area contributed by atoms with Crippen molar-refractivity contribution in [2.45, 2.75) is 77.7 Å². The van der Waals surface area contributed by atoms with Crippen LogP contribution in [0, 0.1) is 11.8 Å². The highest BCUT2D eigenvalue weighted by molar-refractivity contribution is 6.38. The molecule has 1 aromatic rings. The van der Waals surface area contributed by atoms with Crippen LogP contribution in [-0.2, 0) is 40.1 Å². The fourth-order valence-corrected chi connectivity index (χ4v) is 5.27. The molecule has 4 atom stereocenters. The van der Waals surface area contributed by atoms with E-state index >= 15 is 0 Å². The van der Waals surface area contributed by atoms with Gasteiger partial charge in [-0.1, -0.05) is 44.2 Å². The molecule has 1 aromatic carbocycles. The van der Waals surface area contributed by atoms with Gasteiger partial charge in [-0.15, -0.1) is 0 Å². The minimum Gasteiger partial charge on any atom is -0.445 e. The van der Waals surface area contributed by atoms with E-state index in [1.807, 2.05) is 49.1 Å². The predicted octanol–water partition coefficient (Wildman–Crippen LogP) is 0.249. The molecule has 2 heterocycles. The number of amides is 5. The van der Waals surface area contributed by atoms with Crippen LogP contribution in [0.25, 0.3) is 0 Å². The van der Waals surface area contributed by atoms with E-state index in [2.05, 4.69) is 26.6 Å². The summed E-state index contributed by atoms with van der Waals surface area (Å²) in [6, 6.07) is 5.36. The number of ketones is 1. The Morgan fingerprint density at radius 3 is 2.17 bits per heavy atom. The van der Waals surface area contributed by atoms with E-state index in [1.165, 1.54) is 0 Å². The van der Waals surface area contributed by atoms with E-state index in [1.54, 1.807) is 13.8 Å². The summed E-state index contributed by atoms with van der Waals surface area (Å²) < 4.78 is 10.8. The molecule has 5 N–H and O–H groups in total. The van der Waals surface area contributed by atoms with Crippen molar-refractivity contribution in [3.63, 3.8) is 0 Å². The molecule has 254 valence electrons. The number of nitrogens with one attached hydrogen (secondary N) is 5. The van der Waals surface area contributed by atoms with Gasteiger partial charge in [-0.05, 0) is 44.6 Å². The second kappa shape index (κ2) is 18.2. The first kappa shape index (κ1) is 36.4. The van der Waals surface area contributed by atoms with Gasteiger partial charge in [0, 0.05) is 38.1 Å². The zero-order chi connectivity index (χ0) is 33.6. The van der Waals surface area contributed by atoms with Gasteiger partial charge in [0.25, 0.3) is 5.91 Å². The van der Waals surface area contributed by atoms with Crippen molar-refractivity contribution in [3.8, 4) is 0 Å². The maximum Gasteiger partial charge on any atom is 0.408 e. The Hall–Kier alpha value is -4.04. The summed E-state index contributed by atoms with van der Waals surface area (Å²) in [5.41, 5.74) is 0.779. The van der Waals surface area contributed by atoms with Crippen molar-refractivity contribution in [2.75, 3.05) is 39.4 Å². The van der Waals surface area contributed by atoms with Crippen LogP contribution in [-0.4, -0.2) is 104 Å². The molecule has 0 aromatic heterocycles. The van der Waals surface area contributed by atoms with Gasteiger partial charge in [-0.3, -0.25) is 28.9 Å². The smallest absolute Gasteiger partial charge is 0.408 e. The fourth-order valence-electron chi connectivity index (χ4n) is 5.27. The van der Waals surface area contributed by atoms with Crippen molar-refractivity contribution in [1.29, 1.82) is 0 Å². The molecule has 14 nitrogen and oxygen atoms in total. The lowest BCUT2D eigenvalue weighted by Gasteiger charge is -2.31. The number of benzene rings is 1. The Bertz CT molecular complexity index is 1200. The van der Waals surface area contributed by atoms with E-state index in [4.69, 9.17) is 9.47 Å². The number of rotatable bonds is 16. The van der Waals surface area contributed by atoms with E-state index < -0.39 is 53.6 Å². The predicted molar refractivity (Wildman–Crippen MR) is 168 cm³/mol. The largest absolute Gasteiger partial charge is 0.445 e. The van der Waals surface area contributed by atoms with Crippen LogP contribution < -0.4 is 26.6 Å². The second-order valence-corrected chi connectivity index (χ2v) is 12.4. The Kier molecular flexibility index (Phi) is 14.4. The summed E-state index contributed by atoms with van der Waals surface area (Å²) in [5.74, 6) is -3.87. The lowest BCUT2D eigenvalue weighted by Crippen LogP contribution is -2.59. The summed E-state index contributed by atoms with van der Waals surface area (Å²) >= 11 is 0. The number of hydrogen-bond acceptors (Lipinski definition) is 9. The molecule has 2 aliphatic rings. The highest BCUT2D eigenvalue weighted by Gasteiger charge is 2.36. The number of morpholine rings is 1. The normalized spacial score (nSPS) is 18.7. The third-order valence-corrected chi connectivity index (χ3v) is 7.67. The van der Waals surface area contributed by atoms with Crippen LogP contribution in [0.4, 0.5) is 4.79 Å². The highest BCUT2D eigenvalue weighted by Crippen LogP contribution is 2.17. The molecule has 14 heteroatoms. The number of carbonyl (C=O) groups is 6. The molecule has 2 saturated heterocycles. The van der Waals surface area contributed by atoms with Crippen molar-refractivity contribution >= 4 is 35.5 Å². The van der Waals surface area contributed by atoms with Crippen LogP contribution >= 0.6 is 0 Å². The molecule has 0 saturated carbocycles. The van der Waals surface area contributed by atoms with Gasteiger partial charge in [0.1, 0.15) is 18.7 Å². The van der Waals surface area contributed by atoms with E-state index in [0.29, 0.717) is 39.3 Å². The summed E-state index contributed by atoms with van der Waals surface area (Å²) in [7, 11) is 0. The molecule has 0 bridgehead atoms. The van der Waals surface area contributed by atoms with Crippen molar-refractivity contribution < 1.29 is 38.2 Å². The van der Waals surface area contributed by atoms with Crippen LogP contribution in [0.1, 0.15) is 52.5 Å². The van der Waals surface area contributed by atoms with Gasteiger partial charge in [-0.2, -0.15) is 0 Å². The van der Waals surface area contributed by atoms with Crippen LogP contribution in [0.2, 0.25) is 0 Å². The minimum atomic E-state index is -1.28. The molecule has 46 heavy (non-hydrogen) atoms. The molecular formula is C32H48N6O8. The number of hydrogen-bond donors (Lipinski definition) is 5. The SMILES string of the molecule is CC(C)C[C@H](NC(=O)[C@H](CN1CCOCC1)NC(=O)OCc1ccccc1)C(=O)N[C@@H](C[C@@H]1CCNC1=O)C(=O)C(=O)NC(C)C. The first-order valence-corrected chi connectivity index (χ1v) is 15.9. The Morgan fingerprint density at radius 2 is 1.57 bits per heavy atom. The fraction of sp³-hybridized carbons (Fsp3) is 0.625. The summed E-state index contributed by atoms with van der Waals surface area (Å²) in [6.45, 7) is 9.81. The van der Waals surface area contributed by atoms with Gasteiger partial charge in [0.2, 0.25) is 23.5 Å². The summed E-state index contributed by atoms with van der Waals surface area (Å²) in [4.78, 5) is 80.2. The quantitative estimate of drug-likeness (QED) is 0.157. The van der Waals surface area contributed by atoms with Crippen molar-refractivity contribution in [2.24, 2.45) is 11.8 Å². The van der Waals surface area contributed by atoms with Crippen molar-refractivity contribution in [1.82, 2.24) is 31.5 Å². The minimum absolute atomic E-state index is 0.00969. The van der Waals surface area contributed by atoms with Gasteiger partial charge in [0.15, 0.2) is 0 Å². The maximum absolute atomic E-state index is 13.7. The molecule has 0 unspecified atom stereocenters. The lowest BCUT2D eigenvalue weighted by atomic mass is 9.94. The number of carbonyl (C=O) groups excluding carboxylic acids is 6. The number of Topliss-reactive ketones (excluding diaryl/α,β-unsaturated/α-hetero) is 1. The van der Waals surface area contributed by atoms with Crippen molar-refractivity contribution in [3.05, 3.63) is 35.9 Å². The number of ether oxygens (including phenoxy) is 2. The zero-order valence-electron chi connectivity index (χ0n) is 27.1. The third-order valence-electron chi connectivity index (χ3n) is 7.67. The van der Waals surface area contributed by atoms with Crippen LogP contribution in [0.3, 0.4) is 0 Å². The average molecular weight is 645 g/mol. The molecule has 0 spiro atoms. The average Bonchev–Trinajstić information content (AvgIpc) is 3.42. The Balaban J connectivity index is 1.75. The summed E-state index contributed by atoms with van der Waals surface area (Å²) in [5, 5.41) is 13.3. The van der Waals surface area contributed by atoms with Crippen LogP contribution in [0.5, 0.6) is 0 Å². The van der Waals surface area contributed by atoms with Gasteiger partial charge in [0.05, 0.1) is 19.3 Å². The van der Waals surface area contributed by atoms with Gasteiger partial charge < -0.3 is 36.1 Å². The Labute approximate surface area is 270 Å². The van der Waals surface area contributed by atoms with Gasteiger partial charge >= 0.3 is 6.09 Å². The molecular weight excluding hydrogens is 596 g/mol. The molecule has 2 fully saturated rings. The first-order chi connectivity index (χ1) is 21.9.